The third-order valence-electron chi connectivity index (χ3n) is 13.0. The fourth-order valence-corrected chi connectivity index (χ4v) is 11.3. The van der Waals surface area contributed by atoms with E-state index in [0.717, 1.165) is 66.5 Å². The lowest BCUT2D eigenvalue weighted by Gasteiger charge is -2.18. The van der Waals surface area contributed by atoms with Crippen molar-refractivity contribution in [1.29, 1.82) is 0 Å². The average Bonchev–Trinajstić information content (AvgIpc) is 4.04. The monoisotopic (exact) mass is 846 g/mol. The van der Waals surface area contributed by atoms with Crippen LogP contribution in [-0.4, -0.2) is 19.5 Å². The van der Waals surface area contributed by atoms with E-state index in [0.29, 0.717) is 17.5 Å². The van der Waals surface area contributed by atoms with Gasteiger partial charge >= 0.3 is 0 Å². The number of hydrogen-bond acceptors (Lipinski definition) is 5. The van der Waals surface area contributed by atoms with E-state index >= 15 is 0 Å². The Hall–Kier alpha value is -8.45. The maximum Gasteiger partial charge on any atom is 0.164 e. The van der Waals surface area contributed by atoms with Gasteiger partial charge in [-0.15, -0.1) is 11.3 Å². The Morgan fingerprint density at radius 1 is 0.369 bits per heavy atom. The third-order valence-corrected chi connectivity index (χ3v) is 14.1. The van der Waals surface area contributed by atoms with Crippen molar-refractivity contribution in [2.75, 3.05) is 0 Å². The van der Waals surface area contributed by atoms with Crippen LogP contribution >= 0.6 is 11.3 Å². The molecular formula is C59H34N4OS. The fourth-order valence-electron chi connectivity index (χ4n) is 10.1. The van der Waals surface area contributed by atoms with Gasteiger partial charge in [0.05, 0.1) is 11.0 Å². The predicted molar refractivity (Wildman–Crippen MR) is 271 cm³/mol. The molecular weight excluding hydrogens is 813 g/mol. The van der Waals surface area contributed by atoms with Crippen molar-refractivity contribution >= 4 is 96.8 Å². The Morgan fingerprint density at radius 3 is 1.89 bits per heavy atom. The van der Waals surface area contributed by atoms with Crippen molar-refractivity contribution in [2.45, 2.75) is 0 Å². The number of aromatic nitrogens is 4. The first-order valence-corrected chi connectivity index (χ1v) is 22.7. The van der Waals surface area contributed by atoms with Crippen LogP contribution in [0.4, 0.5) is 0 Å². The summed E-state index contributed by atoms with van der Waals surface area (Å²) in [7, 11) is 0. The summed E-state index contributed by atoms with van der Waals surface area (Å²) in [6, 6.07) is 73.4. The topological polar surface area (TPSA) is 56.7 Å². The Labute approximate surface area is 376 Å². The molecule has 4 heterocycles. The van der Waals surface area contributed by atoms with Gasteiger partial charge in [-0.05, 0) is 93.3 Å². The lowest BCUT2D eigenvalue weighted by molar-refractivity contribution is 0.669. The number of thiophene rings is 1. The number of rotatable bonds is 5. The number of hydrogen-bond donors (Lipinski definition) is 0. The highest BCUT2D eigenvalue weighted by molar-refractivity contribution is 7.26. The van der Waals surface area contributed by atoms with Crippen molar-refractivity contribution in [3.8, 4) is 51.0 Å². The van der Waals surface area contributed by atoms with Crippen molar-refractivity contribution in [3.63, 3.8) is 0 Å². The van der Waals surface area contributed by atoms with Gasteiger partial charge in [-0.1, -0.05) is 146 Å². The van der Waals surface area contributed by atoms with Crippen LogP contribution in [0.15, 0.2) is 211 Å². The molecule has 302 valence electrons. The lowest BCUT2D eigenvalue weighted by Crippen LogP contribution is -2.02. The molecule has 0 saturated heterocycles. The van der Waals surface area contributed by atoms with Gasteiger partial charge in [0.15, 0.2) is 17.5 Å². The Morgan fingerprint density at radius 2 is 1.03 bits per heavy atom. The van der Waals surface area contributed by atoms with Gasteiger partial charge in [0.2, 0.25) is 0 Å². The number of nitrogens with zero attached hydrogens (tertiary/aromatic N) is 4. The zero-order chi connectivity index (χ0) is 42.6. The van der Waals surface area contributed by atoms with Crippen LogP contribution in [0.3, 0.4) is 0 Å². The number of furan rings is 1. The van der Waals surface area contributed by atoms with Gasteiger partial charge in [-0.25, -0.2) is 15.0 Å². The summed E-state index contributed by atoms with van der Waals surface area (Å²) in [5.41, 5.74) is 9.89. The van der Waals surface area contributed by atoms with Crippen molar-refractivity contribution in [3.05, 3.63) is 206 Å². The van der Waals surface area contributed by atoms with Crippen LogP contribution in [-0.2, 0) is 0 Å². The molecule has 0 fully saturated rings. The summed E-state index contributed by atoms with van der Waals surface area (Å²) >= 11 is 1.84. The van der Waals surface area contributed by atoms with Gasteiger partial charge in [-0.3, -0.25) is 0 Å². The predicted octanol–water partition coefficient (Wildman–Crippen LogP) is 16.2. The highest BCUT2D eigenvalue weighted by Gasteiger charge is 2.24. The zero-order valence-corrected chi connectivity index (χ0v) is 35.6. The third kappa shape index (κ3) is 5.54. The van der Waals surface area contributed by atoms with E-state index in [1.807, 2.05) is 53.8 Å². The zero-order valence-electron chi connectivity index (χ0n) is 34.7. The molecule has 0 unspecified atom stereocenters. The molecule has 65 heavy (non-hydrogen) atoms. The Bertz CT molecular complexity index is 4260. The number of para-hydroxylation sites is 2. The lowest BCUT2D eigenvalue weighted by atomic mass is 9.90. The van der Waals surface area contributed by atoms with Crippen LogP contribution in [0.2, 0.25) is 0 Å². The molecule has 4 aromatic heterocycles. The molecule has 0 atom stereocenters. The average molecular weight is 847 g/mol. The first kappa shape index (κ1) is 36.1. The molecule has 0 spiro atoms. The normalized spacial score (nSPS) is 12.0. The van der Waals surface area contributed by atoms with E-state index in [4.69, 9.17) is 19.4 Å². The van der Waals surface area contributed by atoms with E-state index < -0.39 is 0 Å². The highest BCUT2D eigenvalue weighted by Crippen LogP contribution is 2.48. The molecule has 5 nitrogen and oxygen atoms in total. The number of fused-ring (bicyclic) bond motifs is 11. The second-order valence-corrected chi connectivity index (χ2v) is 17.8. The van der Waals surface area contributed by atoms with Crippen molar-refractivity contribution in [2.24, 2.45) is 0 Å². The van der Waals surface area contributed by atoms with Gasteiger partial charge < -0.3 is 8.98 Å². The molecule has 0 aliphatic carbocycles. The molecule has 0 aliphatic rings. The summed E-state index contributed by atoms with van der Waals surface area (Å²) in [6.07, 6.45) is 0. The van der Waals surface area contributed by atoms with Crippen LogP contribution in [0, 0.1) is 0 Å². The number of benzene rings is 10. The molecule has 14 aromatic rings. The second-order valence-electron chi connectivity index (χ2n) is 16.7. The van der Waals surface area contributed by atoms with E-state index in [1.165, 1.54) is 52.5 Å². The fraction of sp³-hybridized carbons (Fsp3) is 0. The minimum atomic E-state index is 0.583. The molecule has 6 heteroatoms. The summed E-state index contributed by atoms with van der Waals surface area (Å²) in [4.78, 5) is 16.1. The quantitative estimate of drug-likeness (QED) is 0.173. The summed E-state index contributed by atoms with van der Waals surface area (Å²) in [6.45, 7) is 0. The van der Waals surface area contributed by atoms with Crippen LogP contribution < -0.4 is 0 Å². The standard InChI is InChI=1S/C59H34N4OS/c1-2-15-35(16-3-1)57-60-58(62-59(61-57)45-24-14-27-51-54(45)43-22-9-12-26-50(43)64-51)42-30-29-39(63-48-25-11-8-21-41(48)46-31-36-17-4-5-18-37(36)32-49(46)63)34-47(42)55-40-20-7-6-19-38(40)33-53-56(55)44-23-10-13-28-52(44)65-53/h1-34H. The molecule has 0 aliphatic heterocycles. The van der Waals surface area contributed by atoms with E-state index in [2.05, 4.69) is 168 Å². The van der Waals surface area contributed by atoms with Crippen molar-refractivity contribution < 1.29 is 4.42 Å². The van der Waals surface area contributed by atoms with E-state index in [1.54, 1.807) is 0 Å². The molecule has 0 saturated carbocycles. The highest BCUT2D eigenvalue weighted by atomic mass is 32.1. The molecule has 0 amide bonds. The summed E-state index contributed by atoms with van der Waals surface area (Å²) < 4.78 is 11.3. The van der Waals surface area contributed by atoms with Crippen LogP contribution in [0.1, 0.15) is 0 Å². The van der Waals surface area contributed by atoms with E-state index in [9.17, 15) is 0 Å². The molecule has 14 rings (SSSR count). The van der Waals surface area contributed by atoms with Crippen LogP contribution in [0.25, 0.3) is 136 Å². The second kappa shape index (κ2) is 14.0. The summed E-state index contributed by atoms with van der Waals surface area (Å²) in [5.74, 6) is 1.78. The van der Waals surface area contributed by atoms with Crippen LogP contribution in [0.5, 0.6) is 0 Å². The maximum atomic E-state index is 6.39. The van der Waals surface area contributed by atoms with Crippen molar-refractivity contribution in [1.82, 2.24) is 19.5 Å². The molecule has 0 bridgehead atoms. The maximum absolute atomic E-state index is 6.39. The minimum absolute atomic E-state index is 0.583. The molecule has 10 aromatic carbocycles. The first-order chi connectivity index (χ1) is 32.2. The van der Waals surface area contributed by atoms with Gasteiger partial charge in [0.1, 0.15) is 11.2 Å². The SMILES string of the molecule is c1ccc(-c2nc(-c3ccc(-n4c5ccccc5c5cc6ccccc6cc54)cc3-c3c4ccccc4cc4sc5ccccc5c34)nc(-c3cccc4oc5ccccc5c34)n2)cc1. The minimum Gasteiger partial charge on any atom is -0.456 e. The Kier molecular flexibility index (Phi) is 7.79. The van der Waals surface area contributed by atoms with E-state index in [-0.39, 0.29) is 0 Å². The first-order valence-electron chi connectivity index (χ1n) is 21.8. The largest absolute Gasteiger partial charge is 0.456 e. The Balaban J connectivity index is 1.12. The molecule has 0 radical (unpaired) electrons. The van der Waals surface area contributed by atoms with Gasteiger partial charge in [0, 0.05) is 64.1 Å². The summed E-state index contributed by atoms with van der Waals surface area (Å²) in [5, 5.41) is 11.7. The smallest absolute Gasteiger partial charge is 0.164 e. The van der Waals surface area contributed by atoms with Gasteiger partial charge in [0.25, 0.3) is 0 Å². The molecule has 0 N–H and O–H groups in total. The van der Waals surface area contributed by atoms with Gasteiger partial charge in [-0.2, -0.15) is 0 Å².